The Kier molecular flexibility index (Phi) is 3.48. The third-order valence-electron chi connectivity index (χ3n) is 3.10. The Balaban J connectivity index is 2.30. The van der Waals surface area contributed by atoms with Gasteiger partial charge in [-0.3, -0.25) is 14.5 Å². The summed E-state index contributed by atoms with van der Waals surface area (Å²) in [6, 6.07) is 1.17. The maximum Gasteiger partial charge on any atom is 0.251 e. The molecule has 19 heavy (non-hydrogen) atoms. The molecule has 0 radical (unpaired) electrons. The van der Waals surface area contributed by atoms with Crippen LogP contribution in [0.4, 0.5) is 5.82 Å². The van der Waals surface area contributed by atoms with Crippen LogP contribution in [-0.4, -0.2) is 39.8 Å². The van der Waals surface area contributed by atoms with Gasteiger partial charge in [0.25, 0.3) is 5.91 Å². The van der Waals surface area contributed by atoms with E-state index in [2.05, 4.69) is 10.3 Å². The van der Waals surface area contributed by atoms with Crippen LogP contribution in [0.1, 0.15) is 17.5 Å². The molecule has 2 heterocycles. The monoisotopic (exact) mass is 278 g/mol. The van der Waals surface area contributed by atoms with Gasteiger partial charge in [0.1, 0.15) is 16.8 Å². The first-order valence-electron chi connectivity index (χ1n) is 5.74. The van der Waals surface area contributed by atoms with Gasteiger partial charge in [-0.1, -0.05) is 12.2 Å². The molecule has 1 saturated heterocycles. The van der Waals surface area contributed by atoms with Crippen LogP contribution in [0.3, 0.4) is 0 Å². The van der Waals surface area contributed by atoms with E-state index in [1.165, 1.54) is 7.05 Å². The number of thiocarbonyl (C=S) groups is 1. The summed E-state index contributed by atoms with van der Waals surface area (Å²) in [5.74, 6) is -0.0526. The number of carbonyl (C=O) groups is 2. The summed E-state index contributed by atoms with van der Waals surface area (Å²) in [5, 5.41) is 2.95. The zero-order valence-corrected chi connectivity index (χ0v) is 11.5. The van der Waals surface area contributed by atoms with Gasteiger partial charge in [0.2, 0.25) is 5.91 Å². The number of carbonyl (C=O) groups excluding carboxylic acids is 2. The number of anilines is 1. The van der Waals surface area contributed by atoms with Crippen molar-refractivity contribution in [3.63, 3.8) is 0 Å². The number of nitrogens with zero attached hydrogens (tertiary/aromatic N) is 2. The molecule has 0 aromatic carbocycles. The number of nitrogens with two attached hydrogens (primary N) is 1. The summed E-state index contributed by atoms with van der Waals surface area (Å²) in [4.78, 5) is 28.8. The fourth-order valence-corrected chi connectivity index (χ4v) is 2.27. The highest BCUT2D eigenvalue weighted by Crippen LogP contribution is 2.21. The fourth-order valence-electron chi connectivity index (χ4n) is 2.01. The average molecular weight is 278 g/mol. The van der Waals surface area contributed by atoms with Gasteiger partial charge < -0.3 is 11.1 Å². The Morgan fingerprint density at radius 2 is 2.26 bits per heavy atom. The SMILES string of the molecule is Cc1ccnc(NC2CC(=O)N(C)C2=O)c1C(N)=S. The summed E-state index contributed by atoms with van der Waals surface area (Å²) >= 11 is 4.99. The first kappa shape index (κ1) is 13.4. The van der Waals surface area contributed by atoms with E-state index in [4.69, 9.17) is 18.0 Å². The number of aromatic nitrogens is 1. The number of pyridine rings is 1. The van der Waals surface area contributed by atoms with E-state index in [9.17, 15) is 9.59 Å². The number of likely N-dealkylation sites (tertiary alicyclic amines) is 1. The van der Waals surface area contributed by atoms with Crippen molar-refractivity contribution in [2.24, 2.45) is 5.73 Å². The molecule has 1 unspecified atom stereocenters. The molecule has 1 aromatic heterocycles. The van der Waals surface area contributed by atoms with Gasteiger partial charge in [0.15, 0.2) is 0 Å². The minimum absolute atomic E-state index is 0.113. The lowest BCUT2D eigenvalue weighted by atomic mass is 10.1. The molecule has 1 aromatic rings. The van der Waals surface area contributed by atoms with Gasteiger partial charge in [0.05, 0.1) is 12.0 Å². The third-order valence-corrected chi connectivity index (χ3v) is 3.30. The van der Waals surface area contributed by atoms with Crippen LogP contribution >= 0.6 is 12.2 Å². The quantitative estimate of drug-likeness (QED) is 0.606. The van der Waals surface area contributed by atoms with Crippen molar-refractivity contribution in [1.82, 2.24) is 9.88 Å². The van der Waals surface area contributed by atoms with E-state index in [1.54, 1.807) is 12.3 Å². The van der Waals surface area contributed by atoms with Crippen molar-refractivity contribution in [2.45, 2.75) is 19.4 Å². The van der Waals surface area contributed by atoms with E-state index in [0.717, 1.165) is 10.5 Å². The average Bonchev–Trinajstić information content (AvgIpc) is 2.57. The topological polar surface area (TPSA) is 88.3 Å². The normalized spacial score (nSPS) is 18.8. The van der Waals surface area contributed by atoms with Gasteiger partial charge in [-0.05, 0) is 18.6 Å². The fraction of sp³-hybridized carbons (Fsp3) is 0.333. The van der Waals surface area contributed by atoms with Crippen LogP contribution in [0, 0.1) is 6.92 Å². The summed E-state index contributed by atoms with van der Waals surface area (Å²) in [7, 11) is 1.46. The standard InChI is InChI=1S/C12H14N4O2S/c1-6-3-4-14-11(9(6)10(13)19)15-7-5-8(17)16(2)12(7)18/h3-4,7H,5H2,1-2H3,(H2,13,19)(H,14,15). The van der Waals surface area contributed by atoms with E-state index in [-0.39, 0.29) is 23.2 Å². The number of rotatable bonds is 3. The lowest BCUT2D eigenvalue weighted by Gasteiger charge is -2.15. The second-order valence-corrected chi connectivity index (χ2v) is 4.85. The van der Waals surface area contributed by atoms with E-state index in [0.29, 0.717) is 11.4 Å². The molecule has 100 valence electrons. The predicted octanol–water partition coefficient (Wildman–Crippen LogP) is 0.193. The van der Waals surface area contributed by atoms with Gasteiger partial charge in [-0.25, -0.2) is 4.98 Å². The molecule has 6 nitrogen and oxygen atoms in total. The molecule has 2 rings (SSSR count). The lowest BCUT2D eigenvalue weighted by Crippen LogP contribution is -2.32. The van der Waals surface area contributed by atoms with E-state index < -0.39 is 6.04 Å². The van der Waals surface area contributed by atoms with Crippen molar-refractivity contribution >= 4 is 34.8 Å². The molecule has 0 spiro atoms. The van der Waals surface area contributed by atoms with Crippen LogP contribution in [0.2, 0.25) is 0 Å². The lowest BCUT2D eigenvalue weighted by molar-refractivity contribution is -0.136. The molecule has 1 fully saturated rings. The first-order chi connectivity index (χ1) is 8.91. The molecule has 2 amide bonds. The van der Waals surface area contributed by atoms with Crippen molar-refractivity contribution in [3.05, 3.63) is 23.4 Å². The molecule has 1 aliphatic rings. The molecule has 1 atom stereocenters. The van der Waals surface area contributed by atoms with Crippen LogP contribution in [-0.2, 0) is 9.59 Å². The Hall–Kier alpha value is -2.02. The molecule has 0 aliphatic carbocycles. The molecule has 7 heteroatoms. The Morgan fingerprint density at radius 1 is 1.58 bits per heavy atom. The number of imide groups is 1. The number of likely N-dealkylation sites (N-methyl/N-ethyl adjacent to an activating group) is 1. The number of nitrogens with one attached hydrogen (secondary N) is 1. The zero-order valence-electron chi connectivity index (χ0n) is 10.6. The van der Waals surface area contributed by atoms with Crippen LogP contribution in [0.25, 0.3) is 0 Å². The van der Waals surface area contributed by atoms with Gasteiger partial charge in [-0.2, -0.15) is 0 Å². The third kappa shape index (κ3) is 2.41. The second-order valence-electron chi connectivity index (χ2n) is 4.41. The predicted molar refractivity (Wildman–Crippen MR) is 74.7 cm³/mol. The highest BCUT2D eigenvalue weighted by molar-refractivity contribution is 7.80. The van der Waals surface area contributed by atoms with Crippen molar-refractivity contribution in [3.8, 4) is 0 Å². The maximum atomic E-state index is 11.8. The minimum atomic E-state index is -0.611. The zero-order chi connectivity index (χ0) is 14.2. The highest BCUT2D eigenvalue weighted by Gasteiger charge is 2.36. The Morgan fingerprint density at radius 3 is 2.79 bits per heavy atom. The molecular formula is C12H14N4O2S. The van der Waals surface area contributed by atoms with Crippen molar-refractivity contribution < 1.29 is 9.59 Å². The molecule has 3 N–H and O–H groups in total. The largest absolute Gasteiger partial charge is 0.389 e. The van der Waals surface area contributed by atoms with Gasteiger partial charge in [-0.15, -0.1) is 0 Å². The highest BCUT2D eigenvalue weighted by atomic mass is 32.1. The summed E-state index contributed by atoms with van der Waals surface area (Å²) in [6.45, 7) is 1.86. The Labute approximate surface area is 116 Å². The van der Waals surface area contributed by atoms with E-state index >= 15 is 0 Å². The summed E-state index contributed by atoms with van der Waals surface area (Å²) in [5.41, 5.74) is 7.14. The Bertz CT molecular complexity index is 573. The van der Waals surface area contributed by atoms with Gasteiger partial charge >= 0.3 is 0 Å². The second kappa shape index (κ2) is 4.93. The van der Waals surface area contributed by atoms with Crippen LogP contribution < -0.4 is 11.1 Å². The van der Waals surface area contributed by atoms with E-state index in [1.807, 2.05) is 6.92 Å². The molecule has 1 aliphatic heterocycles. The first-order valence-corrected chi connectivity index (χ1v) is 6.15. The summed E-state index contributed by atoms with van der Waals surface area (Å²) in [6.07, 6.45) is 1.71. The molecule has 0 bridgehead atoms. The van der Waals surface area contributed by atoms with Crippen LogP contribution in [0.15, 0.2) is 12.3 Å². The smallest absolute Gasteiger partial charge is 0.251 e. The minimum Gasteiger partial charge on any atom is -0.389 e. The molecule has 0 saturated carbocycles. The number of amides is 2. The van der Waals surface area contributed by atoms with Crippen LogP contribution in [0.5, 0.6) is 0 Å². The number of hydrogen-bond acceptors (Lipinski definition) is 5. The number of hydrogen-bond donors (Lipinski definition) is 2. The van der Waals surface area contributed by atoms with Crippen molar-refractivity contribution in [2.75, 3.05) is 12.4 Å². The van der Waals surface area contributed by atoms with Gasteiger partial charge in [0, 0.05) is 13.2 Å². The number of aryl methyl sites for hydroxylation is 1. The van der Waals surface area contributed by atoms with Crippen molar-refractivity contribution in [1.29, 1.82) is 0 Å². The summed E-state index contributed by atoms with van der Waals surface area (Å²) < 4.78 is 0. The molecular weight excluding hydrogens is 264 g/mol. The maximum absolute atomic E-state index is 11.8.